The van der Waals surface area contributed by atoms with Gasteiger partial charge in [0.1, 0.15) is 0 Å². The number of carboxylic acid groups (broad SMARTS) is 1. The number of carboxylic acids is 1. The number of carbonyl (C=O) groups is 2. The zero-order chi connectivity index (χ0) is 20.0. The number of anilines is 2. The van der Waals surface area contributed by atoms with Crippen molar-refractivity contribution >= 4 is 28.9 Å². The standard InChI is InChI=1S/C18H21N5O5/c1-20-5-7-21(8-6-20)11-9-12(22-4-2-3-13(22)24)16-19-14(18(27)28)15(25)17(26)23(16)10-11/h9-10,25H,2-8H2,1H3,(H,27,28). The van der Waals surface area contributed by atoms with Crippen molar-refractivity contribution in [1.29, 1.82) is 0 Å². The molecule has 2 aromatic rings. The van der Waals surface area contributed by atoms with Gasteiger partial charge in [-0.05, 0) is 19.5 Å². The maximum Gasteiger partial charge on any atom is 0.358 e. The molecule has 10 nitrogen and oxygen atoms in total. The summed E-state index contributed by atoms with van der Waals surface area (Å²) in [6.45, 7) is 3.67. The molecule has 2 aliphatic heterocycles. The molecule has 0 radical (unpaired) electrons. The quantitative estimate of drug-likeness (QED) is 0.754. The molecule has 2 aliphatic rings. The second kappa shape index (κ2) is 6.79. The Kier molecular flexibility index (Phi) is 4.42. The molecule has 1 amide bonds. The predicted molar refractivity (Wildman–Crippen MR) is 101 cm³/mol. The van der Waals surface area contributed by atoms with E-state index in [1.165, 1.54) is 4.90 Å². The van der Waals surface area contributed by atoms with Crippen LogP contribution in [0.25, 0.3) is 5.65 Å². The summed E-state index contributed by atoms with van der Waals surface area (Å²) in [4.78, 5) is 46.2. The number of aromatic nitrogens is 2. The first-order valence-electron chi connectivity index (χ1n) is 9.13. The lowest BCUT2D eigenvalue weighted by atomic mass is 10.2. The van der Waals surface area contributed by atoms with Crippen molar-refractivity contribution in [2.75, 3.05) is 49.6 Å². The van der Waals surface area contributed by atoms with Gasteiger partial charge in [-0.15, -0.1) is 0 Å². The van der Waals surface area contributed by atoms with Crippen LogP contribution in [0.4, 0.5) is 11.4 Å². The van der Waals surface area contributed by atoms with Crippen molar-refractivity contribution in [3.05, 3.63) is 28.3 Å². The van der Waals surface area contributed by atoms with Crippen LogP contribution >= 0.6 is 0 Å². The summed E-state index contributed by atoms with van der Waals surface area (Å²) in [6.07, 6.45) is 2.61. The zero-order valence-electron chi connectivity index (χ0n) is 15.5. The number of hydrogen-bond acceptors (Lipinski definition) is 7. The molecule has 2 aromatic heterocycles. The summed E-state index contributed by atoms with van der Waals surface area (Å²) < 4.78 is 1.14. The Morgan fingerprint density at radius 2 is 1.86 bits per heavy atom. The largest absolute Gasteiger partial charge is 0.501 e. The number of fused-ring (bicyclic) bond motifs is 1. The second-order valence-corrected chi connectivity index (χ2v) is 7.14. The highest BCUT2D eigenvalue weighted by Crippen LogP contribution is 2.30. The number of aromatic carboxylic acids is 1. The van der Waals surface area contributed by atoms with E-state index >= 15 is 0 Å². The van der Waals surface area contributed by atoms with Crippen molar-refractivity contribution in [3.8, 4) is 5.75 Å². The highest BCUT2D eigenvalue weighted by molar-refractivity contribution is 5.99. The van der Waals surface area contributed by atoms with Crippen LogP contribution in [0.1, 0.15) is 23.3 Å². The van der Waals surface area contributed by atoms with Gasteiger partial charge in [0, 0.05) is 45.3 Å². The van der Waals surface area contributed by atoms with E-state index in [1.807, 2.05) is 7.05 Å². The van der Waals surface area contributed by atoms with Crippen LogP contribution in [0.2, 0.25) is 0 Å². The molecule has 2 saturated heterocycles. The molecule has 0 unspecified atom stereocenters. The van der Waals surface area contributed by atoms with E-state index in [0.717, 1.165) is 36.3 Å². The first-order chi connectivity index (χ1) is 13.4. The Balaban J connectivity index is 1.95. The number of nitrogens with zero attached hydrogens (tertiary/aromatic N) is 5. The molecule has 2 fully saturated rings. The van der Waals surface area contributed by atoms with Gasteiger partial charge in [-0.25, -0.2) is 9.78 Å². The van der Waals surface area contributed by atoms with Crippen LogP contribution in [0.3, 0.4) is 0 Å². The molecule has 10 heteroatoms. The highest BCUT2D eigenvalue weighted by atomic mass is 16.4. The van der Waals surface area contributed by atoms with Crippen LogP contribution in [-0.2, 0) is 4.79 Å². The molecular weight excluding hydrogens is 366 g/mol. The van der Waals surface area contributed by atoms with E-state index in [1.54, 1.807) is 12.3 Å². The molecular formula is C18H21N5O5. The molecule has 0 aromatic carbocycles. The molecule has 28 heavy (non-hydrogen) atoms. The van der Waals surface area contributed by atoms with Gasteiger partial charge in [-0.1, -0.05) is 0 Å². The minimum absolute atomic E-state index is 0.0494. The molecule has 148 valence electrons. The summed E-state index contributed by atoms with van der Waals surface area (Å²) in [5.41, 5.74) is -0.426. The summed E-state index contributed by atoms with van der Waals surface area (Å²) >= 11 is 0. The van der Waals surface area contributed by atoms with Gasteiger partial charge in [-0.3, -0.25) is 14.0 Å². The smallest absolute Gasteiger partial charge is 0.358 e. The third-order valence-electron chi connectivity index (χ3n) is 5.30. The first kappa shape index (κ1) is 18.2. The van der Waals surface area contributed by atoms with E-state index in [9.17, 15) is 24.6 Å². The summed E-state index contributed by atoms with van der Waals surface area (Å²) in [6, 6.07) is 1.78. The van der Waals surface area contributed by atoms with Crippen molar-refractivity contribution in [3.63, 3.8) is 0 Å². The van der Waals surface area contributed by atoms with E-state index in [-0.39, 0.29) is 11.6 Å². The third-order valence-corrected chi connectivity index (χ3v) is 5.30. The van der Waals surface area contributed by atoms with Gasteiger partial charge in [0.05, 0.1) is 11.4 Å². The van der Waals surface area contributed by atoms with Crippen LogP contribution in [-0.4, -0.2) is 76.1 Å². The normalized spacial score (nSPS) is 18.2. The van der Waals surface area contributed by atoms with E-state index in [2.05, 4.69) is 14.8 Å². The van der Waals surface area contributed by atoms with Crippen LogP contribution in [0.5, 0.6) is 5.75 Å². The number of piperazine rings is 1. The maximum atomic E-state index is 12.7. The van der Waals surface area contributed by atoms with E-state index in [0.29, 0.717) is 25.1 Å². The Labute approximate surface area is 160 Å². The van der Waals surface area contributed by atoms with Crippen molar-refractivity contribution in [2.45, 2.75) is 12.8 Å². The molecule has 0 spiro atoms. The SMILES string of the molecule is CN1CCN(c2cc(N3CCCC3=O)c3nc(C(=O)O)c(O)c(=O)n3c2)CC1. The number of likely N-dealkylation sites (N-methyl/N-ethyl adjacent to an activating group) is 1. The minimum atomic E-state index is -1.50. The molecule has 0 bridgehead atoms. The Morgan fingerprint density at radius 1 is 1.14 bits per heavy atom. The highest BCUT2D eigenvalue weighted by Gasteiger charge is 2.28. The summed E-state index contributed by atoms with van der Waals surface area (Å²) in [7, 11) is 2.03. The number of amides is 1. The average molecular weight is 387 g/mol. The summed E-state index contributed by atoms with van der Waals surface area (Å²) in [5.74, 6) is -2.52. The van der Waals surface area contributed by atoms with Gasteiger partial charge in [0.2, 0.25) is 11.7 Å². The van der Waals surface area contributed by atoms with Gasteiger partial charge >= 0.3 is 11.5 Å². The number of aromatic hydroxyl groups is 1. The summed E-state index contributed by atoms with van der Waals surface area (Å²) in [5, 5.41) is 19.3. The van der Waals surface area contributed by atoms with Gasteiger partial charge < -0.3 is 24.9 Å². The van der Waals surface area contributed by atoms with Gasteiger partial charge in [0.15, 0.2) is 11.3 Å². The maximum absolute atomic E-state index is 12.7. The van der Waals surface area contributed by atoms with E-state index < -0.39 is 23.0 Å². The fourth-order valence-corrected chi connectivity index (χ4v) is 3.69. The predicted octanol–water partition coefficient (Wildman–Crippen LogP) is -0.0231. The number of rotatable bonds is 3. The lowest BCUT2D eigenvalue weighted by molar-refractivity contribution is -0.117. The lowest BCUT2D eigenvalue weighted by Gasteiger charge is -2.34. The van der Waals surface area contributed by atoms with Crippen LogP contribution in [0, 0.1) is 0 Å². The molecule has 4 rings (SSSR count). The zero-order valence-corrected chi connectivity index (χ0v) is 15.5. The lowest BCUT2D eigenvalue weighted by Crippen LogP contribution is -2.44. The number of hydrogen-bond donors (Lipinski definition) is 2. The molecule has 2 N–H and O–H groups in total. The first-order valence-corrected chi connectivity index (χ1v) is 9.13. The Bertz CT molecular complexity index is 1030. The minimum Gasteiger partial charge on any atom is -0.501 e. The Morgan fingerprint density at radius 3 is 2.46 bits per heavy atom. The van der Waals surface area contributed by atoms with Crippen molar-refractivity contribution in [1.82, 2.24) is 14.3 Å². The average Bonchev–Trinajstić information content (AvgIpc) is 3.10. The van der Waals surface area contributed by atoms with Gasteiger partial charge in [-0.2, -0.15) is 0 Å². The van der Waals surface area contributed by atoms with Crippen molar-refractivity contribution in [2.24, 2.45) is 0 Å². The molecule has 4 heterocycles. The number of pyridine rings is 1. The molecule has 0 atom stereocenters. The van der Waals surface area contributed by atoms with Crippen LogP contribution < -0.4 is 15.4 Å². The monoisotopic (exact) mass is 387 g/mol. The van der Waals surface area contributed by atoms with E-state index in [4.69, 9.17) is 0 Å². The Hall–Kier alpha value is -3.14. The number of carbonyl (C=O) groups excluding carboxylic acids is 1. The van der Waals surface area contributed by atoms with Crippen LogP contribution in [0.15, 0.2) is 17.1 Å². The molecule has 0 aliphatic carbocycles. The van der Waals surface area contributed by atoms with Gasteiger partial charge in [0.25, 0.3) is 0 Å². The molecule has 0 saturated carbocycles. The second-order valence-electron chi connectivity index (χ2n) is 7.14. The fraction of sp³-hybridized carbons (Fsp3) is 0.444. The topological polar surface area (TPSA) is 119 Å². The van der Waals surface area contributed by atoms with Crippen molar-refractivity contribution < 1.29 is 19.8 Å². The fourth-order valence-electron chi connectivity index (χ4n) is 3.69. The third kappa shape index (κ3) is 2.95.